The Kier molecular flexibility index (Phi) is 9.33. The first-order valence-electron chi connectivity index (χ1n) is 10.0. The molecule has 0 bridgehead atoms. The summed E-state index contributed by atoms with van der Waals surface area (Å²) in [5.74, 6) is -0.275. The van der Waals surface area contributed by atoms with Crippen molar-refractivity contribution >= 4 is 17.5 Å². The van der Waals surface area contributed by atoms with Crippen molar-refractivity contribution in [2.24, 2.45) is 11.7 Å². The van der Waals surface area contributed by atoms with Gasteiger partial charge in [-0.15, -0.1) is 0 Å². The van der Waals surface area contributed by atoms with Crippen LogP contribution in [0.4, 0.5) is 5.69 Å². The predicted octanol–water partition coefficient (Wildman–Crippen LogP) is 1.69. The predicted molar refractivity (Wildman–Crippen MR) is 112 cm³/mol. The molecule has 29 heavy (non-hydrogen) atoms. The number of amides is 2. The van der Waals surface area contributed by atoms with Gasteiger partial charge in [0.15, 0.2) is 5.82 Å². The number of hydrogen-bond acceptors (Lipinski definition) is 5. The fourth-order valence-corrected chi connectivity index (χ4v) is 3.32. The Morgan fingerprint density at radius 3 is 2.62 bits per heavy atom. The molecule has 2 atom stereocenters. The highest BCUT2D eigenvalue weighted by Crippen LogP contribution is 2.19. The molecule has 0 aliphatic rings. The van der Waals surface area contributed by atoms with Gasteiger partial charge in [-0.05, 0) is 50.8 Å². The number of anilines is 1. The van der Waals surface area contributed by atoms with Gasteiger partial charge in [0.05, 0.1) is 6.10 Å². The maximum atomic E-state index is 12.8. The summed E-state index contributed by atoms with van der Waals surface area (Å²) in [5, 5.41) is 13.1. The van der Waals surface area contributed by atoms with E-state index in [-0.39, 0.29) is 23.6 Å². The number of para-hydroxylation sites is 1. The number of nitrogens with two attached hydrogens (primary N) is 1. The summed E-state index contributed by atoms with van der Waals surface area (Å²) >= 11 is 0. The minimum Gasteiger partial charge on any atom is -0.393 e. The van der Waals surface area contributed by atoms with E-state index in [1.807, 2.05) is 30.3 Å². The first-order valence-corrected chi connectivity index (χ1v) is 10.0. The van der Waals surface area contributed by atoms with Gasteiger partial charge in [-0.25, -0.2) is 4.98 Å². The molecular formula is C21H31N5O3. The Hall–Kier alpha value is -2.71. The zero-order valence-electron chi connectivity index (χ0n) is 16.9. The molecule has 1 aromatic heterocycles. The van der Waals surface area contributed by atoms with Gasteiger partial charge in [0, 0.05) is 37.6 Å². The van der Waals surface area contributed by atoms with E-state index in [9.17, 15) is 14.7 Å². The standard InChI is InChI=1S/C21H31N5O3/c1-23-20(28)16(7-5-11-22)15-18(27)10-6-14-26(17-8-3-2-4-9-17)21(29)19-24-12-13-25-19/h2-4,8-9,12-13,16,18,27H,5-7,10-11,14-15,22H2,1H3,(H,23,28)(H,24,25). The SMILES string of the molecule is CNC(=O)C(CCCN)CC(O)CCCN(C(=O)c1ncc[nH]1)c1ccccc1. The van der Waals surface area contributed by atoms with Crippen molar-refractivity contribution in [2.45, 2.75) is 38.2 Å². The van der Waals surface area contributed by atoms with Gasteiger partial charge in [-0.2, -0.15) is 0 Å². The molecule has 0 aliphatic carbocycles. The van der Waals surface area contributed by atoms with E-state index in [0.29, 0.717) is 38.8 Å². The van der Waals surface area contributed by atoms with E-state index in [1.54, 1.807) is 24.3 Å². The van der Waals surface area contributed by atoms with Crippen LogP contribution in [0.25, 0.3) is 0 Å². The highest BCUT2D eigenvalue weighted by atomic mass is 16.3. The summed E-state index contributed by atoms with van der Waals surface area (Å²) in [7, 11) is 1.60. The second-order valence-corrected chi connectivity index (χ2v) is 7.00. The van der Waals surface area contributed by atoms with E-state index in [0.717, 1.165) is 12.1 Å². The van der Waals surface area contributed by atoms with Crippen molar-refractivity contribution in [3.63, 3.8) is 0 Å². The fraction of sp³-hybridized carbons (Fsp3) is 0.476. The average molecular weight is 402 g/mol. The van der Waals surface area contributed by atoms with Crippen molar-refractivity contribution in [3.8, 4) is 0 Å². The van der Waals surface area contributed by atoms with E-state index < -0.39 is 6.10 Å². The molecule has 2 unspecified atom stereocenters. The Labute approximate surface area is 171 Å². The normalized spacial score (nSPS) is 12.9. The summed E-state index contributed by atoms with van der Waals surface area (Å²) < 4.78 is 0. The number of benzene rings is 1. The van der Waals surface area contributed by atoms with E-state index in [2.05, 4.69) is 15.3 Å². The lowest BCUT2D eigenvalue weighted by atomic mass is 9.93. The molecule has 0 radical (unpaired) electrons. The fourth-order valence-electron chi connectivity index (χ4n) is 3.32. The number of nitrogens with zero attached hydrogens (tertiary/aromatic N) is 2. The Bertz CT molecular complexity index is 736. The molecular weight excluding hydrogens is 370 g/mol. The maximum absolute atomic E-state index is 12.8. The molecule has 8 nitrogen and oxygen atoms in total. The highest BCUT2D eigenvalue weighted by molar-refractivity contribution is 6.03. The molecule has 0 spiro atoms. The zero-order chi connectivity index (χ0) is 21.1. The van der Waals surface area contributed by atoms with E-state index in [1.165, 1.54) is 0 Å². The van der Waals surface area contributed by atoms with Crippen molar-refractivity contribution in [3.05, 3.63) is 48.5 Å². The van der Waals surface area contributed by atoms with Crippen LogP contribution in [0.5, 0.6) is 0 Å². The Balaban J connectivity index is 1.95. The van der Waals surface area contributed by atoms with Gasteiger partial charge in [-0.3, -0.25) is 9.59 Å². The van der Waals surface area contributed by atoms with Crippen LogP contribution in [-0.2, 0) is 4.79 Å². The Morgan fingerprint density at radius 1 is 1.24 bits per heavy atom. The van der Waals surface area contributed by atoms with Crippen LogP contribution in [0.3, 0.4) is 0 Å². The maximum Gasteiger partial charge on any atom is 0.294 e. The summed E-state index contributed by atoms with van der Waals surface area (Å²) in [6, 6.07) is 9.37. The van der Waals surface area contributed by atoms with Crippen LogP contribution >= 0.6 is 0 Å². The van der Waals surface area contributed by atoms with Crippen LogP contribution < -0.4 is 16.0 Å². The van der Waals surface area contributed by atoms with Crippen LogP contribution in [0.15, 0.2) is 42.7 Å². The van der Waals surface area contributed by atoms with Crippen LogP contribution in [0.2, 0.25) is 0 Å². The van der Waals surface area contributed by atoms with Crippen molar-refractivity contribution in [2.75, 3.05) is 25.0 Å². The lowest BCUT2D eigenvalue weighted by Gasteiger charge is -2.23. The lowest BCUT2D eigenvalue weighted by Crippen LogP contribution is -2.34. The molecule has 2 amide bonds. The molecule has 1 heterocycles. The van der Waals surface area contributed by atoms with Gasteiger partial charge in [-0.1, -0.05) is 18.2 Å². The molecule has 1 aromatic carbocycles. The topological polar surface area (TPSA) is 124 Å². The average Bonchev–Trinajstić information content (AvgIpc) is 3.28. The van der Waals surface area contributed by atoms with Gasteiger partial charge in [0.1, 0.15) is 0 Å². The highest BCUT2D eigenvalue weighted by Gasteiger charge is 2.22. The number of imidazole rings is 1. The van der Waals surface area contributed by atoms with Gasteiger partial charge >= 0.3 is 0 Å². The number of carbonyl (C=O) groups excluding carboxylic acids is 2. The number of nitrogens with one attached hydrogen (secondary N) is 2. The van der Waals surface area contributed by atoms with Crippen molar-refractivity contribution in [1.82, 2.24) is 15.3 Å². The van der Waals surface area contributed by atoms with Crippen LogP contribution in [0, 0.1) is 5.92 Å². The summed E-state index contributed by atoms with van der Waals surface area (Å²) in [6.45, 7) is 0.957. The molecule has 0 aliphatic heterocycles. The third-order valence-electron chi connectivity index (χ3n) is 4.86. The lowest BCUT2D eigenvalue weighted by molar-refractivity contribution is -0.125. The number of aliphatic hydroxyl groups is 1. The number of rotatable bonds is 12. The summed E-state index contributed by atoms with van der Waals surface area (Å²) in [5.41, 5.74) is 6.32. The number of aromatic amines is 1. The van der Waals surface area contributed by atoms with Crippen LogP contribution in [0.1, 0.15) is 42.7 Å². The zero-order valence-corrected chi connectivity index (χ0v) is 16.9. The third kappa shape index (κ3) is 6.99. The summed E-state index contributed by atoms with van der Waals surface area (Å²) in [4.78, 5) is 33.4. The number of carbonyl (C=O) groups is 2. The second-order valence-electron chi connectivity index (χ2n) is 7.00. The summed E-state index contributed by atoms with van der Waals surface area (Å²) in [6.07, 6.45) is 5.40. The molecule has 8 heteroatoms. The monoisotopic (exact) mass is 401 g/mol. The smallest absolute Gasteiger partial charge is 0.294 e. The van der Waals surface area contributed by atoms with Gasteiger partial charge < -0.3 is 26.0 Å². The molecule has 0 fully saturated rings. The molecule has 0 saturated carbocycles. The third-order valence-corrected chi connectivity index (χ3v) is 4.86. The van der Waals surface area contributed by atoms with Crippen LogP contribution in [-0.4, -0.2) is 53.1 Å². The second kappa shape index (κ2) is 12.0. The van der Waals surface area contributed by atoms with Gasteiger partial charge in [0.2, 0.25) is 5.91 Å². The molecule has 2 aromatic rings. The number of H-pyrrole nitrogens is 1. The first-order chi connectivity index (χ1) is 14.1. The minimum absolute atomic E-state index is 0.0728. The van der Waals surface area contributed by atoms with Crippen molar-refractivity contribution in [1.29, 1.82) is 0 Å². The van der Waals surface area contributed by atoms with E-state index >= 15 is 0 Å². The van der Waals surface area contributed by atoms with Crippen molar-refractivity contribution < 1.29 is 14.7 Å². The number of hydrogen-bond donors (Lipinski definition) is 4. The Morgan fingerprint density at radius 2 is 2.00 bits per heavy atom. The largest absolute Gasteiger partial charge is 0.393 e. The van der Waals surface area contributed by atoms with E-state index in [4.69, 9.17) is 5.73 Å². The number of aromatic nitrogens is 2. The minimum atomic E-state index is -0.619. The van der Waals surface area contributed by atoms with Gasteiger partial charge in [0.25, 0.3) is 5.91 Å². The quantitative estimate of drug-likeness (QED) is 0.431. The first kappa shape index (κ1) is 22.6. The number of aliphatic hydroxyl groups excluding tert-OH is 1. The molecule has 2 rings (SSSR count). The molecule has 0 saturated heterocycles. The molecule has 5 N–H and O–H groups in total. The molecule has 158 valence electrons.